The summed E-state index contributed by atoms with van der Waals surface area (Å²) in [7, 11) is 1.63. The van der Waals surface area contributed by atoms with Crippen LogP contribution in [0.3, 0.4) is 0 Å². The summed E-state index contributed by atoms with van der Waals surface area (Å²) in [5.74, 6) is 1.29. The van der Waals surface area contributed by atoms with Gasteiger partial charge in [-0.3, -0.25) is 4.79 Å². The average Bonchev–Trinajstić information content (AvgIpc) is 2.75. The van der Waals surface area contributed by atoms with E-state index < -0.39 is 5.60 Å². The zero-order valence-electron chi connectivity index (χ0n) is 23.4. The minimum Gasteiger partial charge on any atom is -0.460 e. The molecule has 0 saturated heterocycles. The van der Waals surface area contributed by atoms with Gasteiger partial charge in [0.2, 0.25) is 0 Å². The van der Waals surface area contributed by atoms with Crippen molar-refractivity contribution in [2.75, 3.05) is 27.3 Å². The lowest BCUT2D eigenvalue weighted by Crippen LogP contribution is -2.32. The zero-order valence-corrected chi connectivity index (χ0v) is 23.4. The highest BCUT2D eigenvalue weighted by Crippen LogP contribution is 2.29. The van der Waals surface area contributed by atoms with Gasteiger partial charge in [0.25, 0.3) is 0 Å². The standard InChI is InChI=1S/C29H50O6/c1-22(16-23(2)18-27(30)35-29(5,6)7)17-25(4)28(24(3)14-15-32-20-31-8)34-21-33-19-26-12-10-9-11-13-26/h9-13,22-25,28H,14-21H2,1-8H3/t22-,23+,24+,25-,28+/m1/s1. The van der Waals surface area contributed by atoms with Crippen molar-refractivity contribution in [1.29, 1.82) is 0 Å². The van der Waals surface area contributed by atoms with E-state index in [1.807, 2.05) is 39.0 Å². The van der Waals surface area contributed by atoms with Gasteiger partial charge in [0, 0.05) is 20.1 Å². The summed E-state index contributed by atoms with van der Waals surface area (Å²) >= 11 is 0. The van der Waals surface area contributed by atoms with E-state index in [-0.39, 0.29) is 24.8 Å². The van der Waals surface area contributed by atoms with Crippen molar-refractivity contribution in [3.8, 4) is 0 Å². The molecule has 0 spiro atoms. The van der Waals surface area contributed by atoms with E-state index in [0.29, 0.717) is 44.2 Å². The summed E-state index contributed by atoms with van der Waals surface area (Å²) in [5, 5.41) is 0. The SMILES string of the molecule is COCOCC[C@H](C)[C@H](OCOCc1ccccc1)[C@H](C)C[C@H](C)C[C@H](C)CC(=O)OC(C)(C)C. The average molecular weight is 495 g/mol. The lowest BCUT2D eigenvalue weighted by molar-refractivity contribution is -0.156. The first kappa shape index (κ1) is 31.6. The maximum Gasteiger partial charge on any atom is 0.306 e. The lowest BCUT2D eigenvalue weighted by Gasteiger charge is -2.32. The van der Waals surface area contributed by atoms with Gasteiger partial charge in [0.1, 0.15) is 19.2 Å². The third-order valence-corrected chi connectivity index (χ3v) is 6.01. The van der Waals surface area contributed by atoms with Gasteiger partial charge in [-0.05, 0) is 69.3 Å². The van der Waals surface area contributed by atoms with Crippen molar-refractivity contribution in [3.05, 3.63) is 35.9 Å². The van der Waals surface area contributed by atoms with E-state index in [9.17, 15) is 4.79 Å². The van der Waals surface area contributed by atoms with Crippen LogP contribution in [0, 0.1) is 23.7 Å². The Bertz CT molecular complexity index is 671. The first-order valence-corrected chi connectivity index (χ1v) is 13.0. The molecular formula is C29H50O6. The van der Waals surface area contributed by atoms with E-state index in [0.717, 1.165) is 24.8 Å². The van der Waals surface area contributed by atoms with Crippen LogP contribution in [-0.4, -0.2) is 45.0 Å². The second-order valence-electron chi connectivity index (χ2n) is 11.1. The predicted molar refractivity (Wildman–Crippen MR) is 140 cm³/mol. The maximum atomic E-state index is 12.2. The molecule has 1 rings (SSSR count). The summed E-state index contributed by atoms with van der Waals surface area (Å²) in [6.07, 6.45) is 3.40. The van der Waals surface area contributed by atoms with Gasteiger partial charge in [-0.1, -0.05) is 58.0 Å². The molecular weight excluding hydrogens is 444 g/mol. The van der Waals surface area contributed by atoms with Crippen LogP contribution in [0.5, 0.6) is 0 Å². The molecule has 0 aliphatic carbocycles. The van der Waals surface area contributed by atoms with Crippen LogP contribution in [-0.2, 0) is 35.1 Å². The summed E-state index contributed by atoms with van der Waals surface area (Å²) in [5.41, 5.74) is 0.696. The fourth-order valence-electron chi connectivity index (χ4n) is 4.63. The fraction of sp³-hybridized carbons (Fsp3) is 0.759. The van der Waals surface area contributed by atoms with Crippen molar-refractivity contribution in [3.63, 3.8) is 0 Å². The van der Waals surface area contributed by atoms with Crippen LogP contribution < -0.4 is 0 Å². The van der Waals surface area contributed by atoms with Gasteiger partial charge in [0.15, 0.2) is 0 Å². The molecule has 202 valence electrons. The van der Waals surface area contributed by atoms with Crippen LogP contribution in [0.15, 0.2) is 30.3 Å². The summed E-state index contributed by atoms with van der Waals surface area (Å²) < 4.78 is 28.1. The highest BCUT2D eigenvalue weighted by molar-refractivity contribution is 5.70. The molecule has 0 bridgehead atoms. The molecule has 0 amide bonds. The first-order valence-electron chi connectivity index (χ1n) is 13.0. The first-order chi connectivity index (χ1) is 16.5. The van der Waals surface area contributed by atoms with E-state index in [2.05, 4.69) is 39.8 Å². The van der Waals surface area contributed by atoms with Crippen LogP contribution in [0.4, 0.5) is 0 Å². The number of carbonyl (C=O) groups excluding carboxylic acids is 1. The van der Waals surface area contributed by atoms with Crippen LogP contribution in [0.2, 0.25) is 0 Å². The van der Waals surface area contributed by atoms with Gasteiger partial charge in [-0.25, -0.2) is 0 Å². The predicted octanol–water partition coefficient (Wildman–Crippen LogP) is 6.61. The molecule has 1 aromatic rings. The lowest BCUT2D eigenvalue weighted by atomic mass is 9.82. The Morgan fingerprint density at radius 1 is 0.886 bits per heavy atom. The fourth-order valence-corrected chi connectivity index (χ4v) is 4.63. The van der Waals surface area contributed by atoms with Gasteiger partial charge in [0.05, 0.1) is 12.7 Å². The summed E-state index contributed by atoms with van der Waals surface area (Å²) in [4.78, 5) is 12.2. The van der Waals surface area contributed by atoms with E-state index in [4.69, 9.17) is 23.7 Å². The van der Waals surface area contributed by atoms with Crippen LogP contribution in [0.1, 0.15) is 79.7 Å². The molecule has 5 atom stereocenters. The normalized spacial score (nSPS) is 16.3. The Kier molecular flexibility index (Phi) is 15.4. The molecule has 0 aliphatic heterocycles. The molecule has 0 saturated carbocycles. The third-order valence-electron chi connectivity index (χ3n) is 6.01. The minimum atomic E-state index is -0.437. The van der Waals surface area contributed by atoms with Crippen LogP contribution in [0.25, 0.3) is 0 Å². The van der Waals surface area contributed by atoms with Gasteiger partial charge in [-0.15, -0.1) is 0 Å². The third kappa shape index (κ3) is 15.3. The number of hydrogen-bond donors (Lipinski definition) is 0. The number of methoxy groups -OCH3 is 1. The maximum absolute atomic E-state index is 12.2. The van der Waals surface area contributed by atoms with Gasteiger partial charge in [-0.2, -0.15) is 0 Å². The molecule has 0 N–H and O–H groups in total. The number of esters is 1. The molecule has 0 radical (unpaired) electrons. The molecule has 1 aromatic carbocycles. The smallest absolute Gasteiger partial charge is 0.306 e. The molecule has 6 heteroatoms. The molecule has 35 heavy (non-hydrogen) atoms. The molecule has 0 fully saturated rings. The van der Waals surface area contributed by atoms with E-state index in [1.54, 1.807) is 7.11 Å². The van der Waals surface area contributed by atoms with E-state index >= 15 is 0 Å². The quantitative estimate of drug-likeness (QED) is 0.130. The topological polar surface area (TPSA) is 63.2 Å². The molecule has 0 unspecified atom stereocenters. The highest BCUT2D eigenvalue weighted by Gasteiger charge is 2.27. The molecule has 0 aromatic heterocycles. The summed E-state index contributed by atoms with van der Waals surface area (Å²) in [6.45, 7) is 16.3. The van der Waals surface area contributed by atoms with Gasteiger partial charge < -0.3 is 23.7 Å². The molecule has 6 nitrogen and oxygen atoms in total. The number of benzene rings is 1. The second kappa shape index (κ2) is 17.1. The number of ether oxygens (including phenoxy) is 5. The van der Waals surface area contributed by atoms with Crippen molar-refractivity contribution >= 4 is 5.97 Å². The van der Waals surface area contributed by atoms with Crippen molar-refractivity contribution < 1.29 is 28.5 Å². The number of hydrogen-bond acceptors (Lipinski definition) is 6. The molecule has 0 aliphatic rings. The number of carbonyl (C=O) groups is 1. The van der Waals surface area contributed by atoms with E-state index in [1.165, 1.54) is 0 Å². The highest BCUT2D eigenvalue weighted by atomic mass is 16.7. The number of rotatable bonds is 18. The summed E-state index contributed by atoms with van der Waals surface area (Å²) in [6, 6.07) is 10.1. The van der Waals surface area contributed by atoms with Gasteiger partial charge >= 0.3 is 5.97 Å². The molecule has 0 heterocycles. The minimum absolute atomic E-state index is 0.0560. The Morgan fingerprint density at radius 2 is 1.57 bits per heavy atom. The Balaban J connectivity index is 2.58. The Morgan fingerprint density at radius 3 is 2.20 bits per heavy atom. The van der Waals surface area contributed by atoms with Crippen LogP contribution >= 0.6 is 0 Å². The monoisotopic (exact) mass is 494 g/mol. The zero-order chi connectivity index (χ0) is 26.3. The largest absolute Gasteiger partial charge is 0.460 e. The van der Waals surface area contributed by atoms with Crippen molar-refractivity contribution in [1.82, 2.24) is 0 Å². The van der Waals surface area contributed by atoms with Crippen molar-refractivity contribution in [2.45, 2.75) is 92.5 Å². The Hall–Kier alpha value is -1.47. The van der Waals surface area contributed by atoms with Crippen molar-refractivity contribution in [2.24, 2.45) is 23.7 Å². The second-order valence-corrected chi connectivity index (χ2v) is 11.1. The Labute approximate surface area is 214 Å².